The van der Waals surface area contributed by atoms with Crippen LogP contribution in [-0.2, 0) is 4.74 Å². The Kier molecular flexibility index (Phi) is 5.83. The lowest BCUT2D eigenvalue weighted by atomic mass is 10.0. The van der Waals surface area contributed by atoms with Crippen LogP contribution in [0.1, 0.15) is 37.8 Å². The van der Waals surface area contributed by atoms with Gasteiger partial charge in [0.15, 0.2) is 0 Å². The first kappa shape index (κ1) is 14.5. The summed E-state index contributed by atoms with van der Waals surface area (Å²) < 4.78 is 5.50. The molecule has 106 valence electrons. The molecule has 19 heavy (non-hydrogen) atoms. The van der Waals surface area contributed by atoms with E-state index in [1.54, 1.807) is 0 Å². The highest BCUT2D eigenvalue weighted by Gasteiger charge is 2.21. The van der Waals surface area contributed by atoms with E-state index in [2.05, 4.69) is 36.5 Å². The lowest BCUT2D eigenvalue weighted by Gasteiger charge is -2.20. The van der Waals surface area contributed by atoms with E-state index in [9.17, 15) is 5.11 Å². The Balaban J connectivity index is 1.66. The molecule has 3 nitrogen and oxygen atoms in total. The summed E-state index contributed by atoms with van der Waals surface area (Å²) in [6.07, 6.45) is 3.18. The largest absolute Gasteiger partial charge is 0.389 e. The second kappa shape index (κ2) is 7.63. The molecule has 1 fully saturated rings. The molecule has 3 heteroatoms. The molecule has 1 aromatic rings. The molecule has 0 spiro atoms. The minimum absolute atomic E-state index is 0.305. The van der Waals surface area contributed by atoms with Crippen molar-refractivity contribution < 1.29 is 9.84 Å². The number of rotatable bonds is 9. The first-order valence-corrected chi connectivity index (χ1v) is 7.33. The first-order chi connectivity index (χ1) is 9.29. The van der Waals surface area contributed by atoms with Gasteiger partial charge in [0, 0.05) is 19.2 Å². The van der Waals surface area contributed by atoms with Crippen LogP contribution < -0.4 is 5.32 Å². The Hall–Kier alpha value is -0.900. The molecule has 0 radical (unpaired) electrons. The van der Waals surface area contributed by atoms with Crippen molar-refractivity contribution in [1.29, 1.82) is 0 Å². The summed E-state index contributed by atoms with van der Waals surface area (Å²) in [5, 5.41) is 13.3. The molecule has 1 aliphatic carbocycles. The van der Waals surface area contributed by atoms with Gasteiger partial charge in [-0.05, 0) is 30.7 Å². The molecule has 2 unspecified atom stereocenters. The summed E-state index contributed by atoms with van der Waals surface area (Å²) in [5.74, 6) is 0.757. The zero-order valence-corrected chi connectivity index (χ0v) is 11.7. The van der Waals surface area contributed by atoms with Crippen LogP contribution >= 0.6 is 0 Å². The molecule has 2 N–H and O–H groups in total. The van der Waals surface area contributed by atoms with Crippen molar-refractivity contribution in [3.8, 4) is 0 Å². The van der Waals surface area contributed by atoms with Gasteiger partial charge in [-0.3, -0.25) is 0 Å². The van der Waals surface area contributed by atoms with E-state index in [1.165, 1.54) is 18.4 Å². The topological polar surface area (TPSA) is 41.5 Å². The van der Waals surface area contributed by atoms with Gasteiger partial charge in [-0.15, -0.1) is 0 Å². The molecule has 0 aliphatic heterocycles. The van der Waals surface area contributed by atoms with Gasteiger partial charge in [0.1, 0.15) is 0 Å². The maximum absolute atomic E-state index is 9.89. The van der Waals surface area contributed by atoms with Crippen molar-refractivity contribution in [1.82, 2.24) is 5.32 Å². The smallest absolute Gasteiger partial charge is 0.0897 e. The molecule has 0 heterocycles. The van der Waals surface area contributed by atoms with Crippen LogP contribution in [0.25, 0.3) is 0 Å². The highest BCUT2D eigenvalue weighted by Crippen LogP contribution is 2.28. The molecule has 1 aliphatic rings. The van der Waals surface area contributed by atoms with Gasteiger partial charge in [-0.2, -0.15) is 0 Å². The summed E-state index contributed by atoms with van der Waals surface area (Å²) in [5.41, 5.74) is 1.27. The normalized spacial score (nSPS) is 18.2. The third-order valence-electron chi connectivity index (χ3n) is 3.57. The van der Waals surface area contributed by atoms with E-state index in [4.69, 9.17) is 4.74 Å². The van der Waals surface area contributed by atoms with Gasteiger partial charge in [-0.25, -0.2) is 0 Å². The van der Waals surface area contributed by atoms with Crippen molar-refractivity contribution in [3.05, 3.63) is 35.9 Å². The van der Waals surface area contributed by atoms with Crippen LogP contribution in [0.4, 0.5) is 0 Å². The molecule has 0 aromatic heterocycles. The predicted octanol–water partition coefficient (Wildman–Crippen LogP) is 2.51. The van der Waals surface area contributed by atoms with Gasteiger partial charge in [0.05, 0.1) is 12.7 Å². The van der Waals surface area contributed by atoms with Gasteiger partial charge in [0.2, 0.25) is 0 Å². The number of aliphatic hydroxyl groups excluding tert-OH is 1. The number of benzene rings is 1. The molecule has 0 bridgehead atoms. The van der Waals surface area contributed by atoms with E-state index in [0.717, 1.165) is 18.9 Å². The molecule has 0 saturated heterocycles. The number of aliphatic hydroxyl groups is 1. The summed E-state index contributed by atoms with van der Waals surface area (Å²) in [7, 11) is 0. The number of hydrogen-bond donors (Lipinski definition) is 2. The van der Waals surface area contributed by atoms with E-state index >= 15 is 0 Å². The maximum Gasteiger partial charge on any atom is 0.0897 e. The quantitative estimate of drug-likeness (QED) is 0.719. The molecule has 1 saturated carbocycles. The molecule has 2 atom stereocenters. The average molecular weight is 263 g/mol. The highest BCUT2D eigenvalue weighted by molar-refractivity contribution is 5.18. The fraction of sp³-hybridized carbons (Fsp3) is 0.625. The summed E-state index contributed by atoms with van der Waals surface area (Å²) in [4.78, 5) is 0. The maximum atomic E-state index is 9.89. The van der Waals surface area contributed by atoms with E-state index in [1.807, 2.05) is 6.07 Å². The number of nitrogens with one attached hydrogen (secondary N) is 1. The third kappa shape index (κ3) is 5.31. The van der Waals surface area contributed by atoms with Crippen molar-refractivity contribution in [2.24, 2.45) is 5.92 Å². The van der Waals surface area contributed by atoms with E-state index < -0.39 is 6.10 Å². The Morgan fingerprint density at radius 2 is 2.05 bits per heavy atom. The van der Waals surface area contributed by atoms with Crippen LogP contribution in [-0.4, -0.2) is 31.0 Å². The first-order valence-electron chi connectivity index (χ1n) is 7.33. The zero-order chi connectivity index (χ0) is 13.5. The Bertz CT molecular complexity index is 351. The lowest BCUT2D eigenvalue weighted by Crippen LogP contribution is -2.33. The average Bonchev–Trinajstić information content (AvgIpc) is 3.25. The molecular weight excluding hydrogens is 238 g/mol. The van der Waals surface area contributed by atoms with Crippen LogP contribution in [0.5, 0.6) is 0 Å². The Morgan fingerprint density at radius 3 is 2.68 bits per heavy atom. The summed E-state index contributed by atoms with van der Waals surface area (Å²) in [6.45, 7) is 3.99. The van der Waals surface area contributed by atoms with Crippen LogP contribution in [0.3, 0.4) is 0 Å². The fourth-order valence-electron chi connectivity index (χ4n) is 2.18. The standard InChI is InChI=1S/C16H25NO2/c1-2-16(14-6-4-3-5-7-14)17-10-15(18)12-19-11-13-8-9-13/h3-7,13,15-18H,2,8-12H2,1H3. The second-order valence-electron chi connectivity index (χ2n) is 5.41. The van der Waals surface area contributed by atoms with Crippen molar-refractivity contribution in [3.63, 3.8) is 0 Å². The van der Waals surface area contributed by atoms with Crippen LogP contribution in [0.15, 0.2) is 30.3 Å². The van der Waals surface area contributed by atoms with Gasteiger partial charge in [0.25, 0.3) is 0 Å². The zero-order valence-electron chi connectivity index (χ0n) is 11.7. The van der Waals surface area contributed by atoms with Crippen molar-refractivity contribution in [2.75, 3.05) is 19.8 Å². The Morgan fingerprint density at radius 1 is 1.32 bits per heavy atom. The fourth-order valence-corrected chi connectivity index (χ4v) is 2.18. The van der Waals surface area contributed by atoms with Gasteiger partial charge in [-0.1, -0.05) is 37.3 Å². The van der Waals surface area contributed by atoms with Crippen molar-refractivity contribution >= 4 is 0 Å². The summed E-state index contributed by atoms with van der Waals surface area (Å²) >= 11 is 0. The predicted molar refractivity (Wildman–Crippen MR) is 77.0 cm³/mol. The van der Waals surface area contributed by atoms with E-state index in [-0.39, 0.29) is 0 Å². The second-order valence-corrected chi connectivity index (χ2v) is 5.41. The third-order valence-corrected chi connectivity index (χ3v) is 3.57. The van der Waals surface area contributed by atoms with Gasteiger partial charge < -0.3 is 15.2 Å². The molecule has 2 rings (SSSR count). The summed E-state index contributed by atoms with van der Waals surface area (Å²) in [6, 6.07) is 10.7. The minimum atomic E-state index is -0.420. The van der Waals surface area contributed by atoms with Gasteiger partial charge >= 0.3 is 0 Å². The molecular formula is C16H25NO2. The minimum Gasteiger partial charge on any atom is -0.389 e. The molecule has 0 amide bonds. The van der Waals surface area contributed by atoms with Crippen molar-refractivity contribution in [2.45, 2.75) is 38.3 Å². The van der Waals surface area contributed by atoms with Crippen LogP contribution in [0, 0.1) is 5.92 Å². The monoisotopic (exact) mass is 263 g/mol. The molecule has 1 aromatic carbocycles. The number of hydrogen-bond acceptors (Lipinski definition) is 3. The Labute approximate surface area is 116 Å². The SMILES string of the molecule is CCC(NCC(O)COCC1CC1)c1ccccc1. The van der Waals surface area contributed by atoms with Crippen LogP contribution in [0.2, 0.25) is 0 Å². The number of ether oxygens (including phenoxy) is 1. The highest BCUT2D eigenvalue weighted by atomic mass is 16.5. The lowest BCUT2D eigenvalue weighted by molar-refractivity contribution is 0.0312. The van der Waals surface area contributed by atoms with E-state index in [0.29, 0.717) is 19.2 Å².